The first-order valence-electron chi connectivity index (χ1n) is 11.1. The third kappa shape index (κ3) is 5.66. The average Bonchev–Trinajstić information content (AvgIpc) is 2.82. The Kier molecular flexibility index (Phi) is 7.39. The number of hydrogen-bond donors (Lipinski definition) is 0. The van der Waals surface area contributed by atoms with Crippen LogP contribution in [0.4, 0.5) is 4.39 Å². The van der Waals surface area contributed by atoms with Gasteiger partial charge in [-0.15, -0.1) is 0 Å². The molecule has 0 aliphatic carbocycles. The van der Waals surface area contributed by atoms with Crippen LogP contribution in [0, 0.1) is 5.82 Å². The fourth-order valence-electron chi connectivity index (χ4n) is 3.80. The van der Waals surface area contributed by atoms with Crippen LogP contribution in [-0.2, 0) is 25.7 Å². The Morgan fingerprint density at radius 1 is 0.844 bits per heavy atom. The molecule has 0 N–H and O–H groups in total. The molecular weight excluding hydrogens is 421 g/mol. The zero-order valence-corrected chi connectivity index (χ0v) is 19.0. The number of fused-ring (bicyclic) bond motifs is 1. The largest absolute Gasteiger partial charge is 0.492 e. The van der Waals surface area contributed by atoms with Gasteiger partial charge in [0.15, 0.2) is 0 Å². The molecule has 0 saturated heterocycles. The maximum Gasteiger partial charge on any atom is 0.137 e. The van der Waals surface area contributed by atoms with Crippen LogP contribution >= 0.6 is 11.6 Å². The maximum atomic E-state index is 15.1. The maximum absolute atomic E-state index is 15.1. The predicted octanol–water partition coefficient (Wildman–Crippen LogP) is 7.39. The van der Waals surface area contributed by atoms with E-state index in [-0.39, 0.29) is 5.82 Å². The molecule has 32 heavy (non-hydrogen) atoms. The molecule has 2 nitrogen and oxygen atoms in total. The lowest BCUT2D eigenvalue weighted by atomic mass is 9.98. The average molecular weight is 448 g/mol. The third-order valence-electron chi connectivity index (χ3n) is 5.63. The van der Waals surface area contributed by atoms with Gasteiger partial charge in [0.25, 0.3) is 0 Å². The van der Waals surface area contributed by atoms with Crippen molar-refractivity contribution >= 4 is 22.4 Å². The summed E-state index contributed by atoms with van der Waals surface area (Å²) in [5, 5.41) is 2.33. The SMILES string of the molecule is CCCOc1ccc(CCc2ccc3c(F)c(CCc4ccc(Cl)cc4)ccc3c2)nc1. The summed E-state index contributed by atoms with van der Waals surface area (Å²) < 4.78 is 20.7. The molecule has 4 aromatic rings. The first kappa shape index (κ1) is 22.3. The molecule has 1 aromatic heterocycles. The molecule has 0 bridgehead atoms. The van der Waals surface area contributed by atoms with E-state index >= 15 is 4.39 Å². The normalized spacial score (nSPS) is 11.1. The summed E-state index contributed by atoms with van der Waals surface area (Å²) in [5.41, 5.74) is 4.11. The highest BCUT2D eigenvalue weighted by Gasteiger charge is 2.09. The summed E-state index contributed by atoms with van der Waals surface area (Å²) in [6.07, 6.45) is 5.90. The Bertz CT molecular complexity index is 1170. The first-order chi connectivity index (χ1) is 15.6. The smallest absolute Gasteiger partial charge is 0.137 e. The van der Waals surface area contributed by atoms with Crippen molar-refractivity contribution in [2.24, 2.45) is 0 Å². The van der Waals surface area contributed by atoms with Crippen LogP contribution in [0.3, 0.4) is 0 Å². The Morgan fingerprint density at radius 3 is 2.38 bits per heavy atom. The Labute approximate surface area is 194 Å². The number of aryl methyl sites for hydroxylation is 4. The summed E-state index contributed by atoms with van der Waals surface area (Å²) >= 11 is 5.94. The van der Waals surface area contributed by atoms with Crippen molar-refractivity contribution in [1.29, 1.82) is 0 Å². The van der Waals surface area contributed by atoms with Crippen molar-refractivity contribution in [3.8, 4) is 5.75 Å². The van der Waals surface area contributed by atoms with Gasteiger partial charge in [0.05, 0.1) is 12.8 Å². The highest BCUT2D eigenvalue weighted by molar-refractivity contribution is 6.30. The van der Waals surface area contributed by atoms with Crippen LogP contribution in [-0.4, -0.2) is 11.6 Å². The summed E-state index contributed by atoms with van der Waals surface area (Å²) in [6.45, 7) is 2.79. The molecule has 0 aliphatic rings. The minimum atomic E-state index is -0.118. The molecule has 1 heterocycles. The van der Waals surface area contributed by atoms with Crippen molar-refractivity contribution in [1.82, 2.24) is 4.98 Å². The summed E-state index contributed by atoms with van der Waals surface area (Å²) in [6, 6.07) is 21.7. The van der Waals surface area contributed by atoms with E-state index in [0.717, 1.165) is 58.7 Å². The van der Waals surface area contributed by atoms with Crippen molar-refractivity contribution < 1.29 is 9.13 Å². The number of nitrogens with zero attached hydrogens (tertiary/aromatic N) is 1. The number of halogens is 2. The van der Waals surface area contributed by atoms with E-state index in [1.165, 1.54) is 5.56 Å². The number of aromatic nitrogens is 1. The van der Waals surface area contributed by atoms with Crippen molar-refractivity contribution in [2.75, 3.05) is 6.61 Å². The van der Waals surface area contributed by atoms with Crippen LogP contribution in [0.2, 0.25) is 5.02 Å². The van der Waals surface area contributed by atoms with Gasteiger partial charge in [-0.3, -0.25) is 4.98 Å². The van der Waals surface area contributed by atoms with Crippen molar-refractivity contribution in [2.45, 2.75) is 39.0 Å². The summed E-state index contributed by atoms with van der Waals surface area (Å²) in [5.74, 6) is 0.691. The van der Waals surface area contributed by atoms with Gasteiger partial charge in [-0.05, 0) is 78.4 Å². The second-order valence-electron chi connectivity index (χ2n) is 8.05. The second-order valence-corrected chi connectivity index (χ2v) is 8.49. The molecule has 0 amide bonds. The Morgan fingerprint density at radius 2 is 1.62 bits per heavy atom. The van der Waals surface area contributed by atoms with Crippen LogP contribution in [0.15, 0.2) is 72.9 Å². The van der Waals surface area contributed by atoms with E-state index in [0.29, 0.717) is 18.4 Å². The highest BCUT2D eigenvalue weighted by Crippen LogP contribution is 2.24. The Balaban J connectivity index is 1.40. The topological polar surface area (TPSA) is 22.1 Å². The zero-order valence-electron chi connectivity index (χ0n) is 18.3. The Hall–Kier alpha value is -2.91. The van der Waals surface area contributed by atoms with Gasteiger partial charge in [-0.2, -0.15) is 0 Å². The monoisotopic (exact) mass is 447 g/mol. The molecule has 4 heteroatoms. The standard InChI is InChI=1S/C28H27ClFNO/c1-2-17-32-26-15-14-25(31-19-26)13-6-21-7-16-27-23(18-21)10-9-22(28(27)30)8-3-20-4-11-24(29)12-5-20/h4-5,7,9-12,14-16,18-19H,2-3,6,8,13,17H2,1H3. The zero-order chi connectivity index (χ0) is 22.3. The molecule has 0 fully saturated rings. The highest BCUT2D eigenvalue weighted by atomic mass is 35.5. The molecule has 0 unspecified atom stereocenters. The van der Waals surface area contributed by atoms with Crippen LogP contribution in [0.1, 0.15) is 35.7 Å². The fourth-order valence-corrected chi connectivity index (χ4v) is 3.93. The molecule has 0 radical (unpaired) electrons. The van der Waals surface area contributed by atoms with E-state index in [2.05, 4.69) is 18.0 Å². The summed E-state index contributed by atoms with van der Waals surface area (Å²) in [7, 11) is 0. The lowest BCUT2D eigenvalue weighted by molar-refractivity contribution is 0.316. The van der Waals surface area contributed by atoms with Gasteiger partial charge in [0.1, 0.15) is 11.6 Å². The van der Waals surface area contributed by atoms with Gasteiger partial charge in [-0.1, -0.05) is 61.0 Å². The molecular formula is C28H27ClFNO. The third-order valence-corrected chi connectivity index (χ3v) is 5.89. The molecule has 0 atom stereocenters. The predicted molar refractivity (Wildman–Crippen MR) is 130 cm³/mol. The van der Waals surface area contributed by atoms with E-state index in [9.17, 15) is 0 Å². The van der Waals surface area contributed by atoms with E-state index in [4.69, 9.17) is 16.3 Å². The van der Waals surface area contributed by atoms with Gasteiger partial charge in [-0.25, -0.2) is 4.39 Å². The molecule has 0 saturated carbocycles. The van der Waals surface area contributed by atoms with Crippen LogP contribution in [0.25, 0.3) is 10.8 Å². The molecule has 4 rings (SSSR count). The molecule has 3 aromatic carbocycles. The lowest BCUT2D eigenvalue weighted by Gasteiger charge is -2.09. The van der Waals surface area contributed by atoms with Crippen molar-refractivity contribution in [3.63, 3.8) is 0 Å². The number of benzene rings is 3. The number of rotatable bonds is 9. The number of pyridine rings is 1. The van der Waals surface area contributed by atoms with Gasteiger partial charge >= 0.3 is 0 Å². The van der Waals surface area contributed by atoms with Crippen LogP contribution < -0.4 is 4.74 Å². The molecule has 0 spiro atoms. The van der Waals surface area contributed by atoms with Gasteiger partial charge < -0.3 is 4.74 Å². The first-order valence-corrected chi connectivity index (χ1v) is 11.5. The molecule has 164 valence electrons. The number of ether oxygens (including phenoxy) is 1. The molecule has 0 aliphatic heterocycles. The fraction of sp³-hybridized carbons (Fsp3) is 0.250. The minimum absolute atomic E-state index is 0.118. The lowest BCUT2D eigenvalue weighted by Crippen LogP contribution is -1.99. The minimum Gasteiger partial charge on any atom is -0.492 e. The van der Waals surface area contributed by atoms with Gasteiger partial charge in [0, 0.05) is 16.1 Å². The van der Waals surface area contributed by atoms with E-state index < -0.39 is 0 Å². The van der Waals surface area contributed by atoms with E-state index in [1.54, 1.807) is 6.20 Å². The van der Waals surface area contributed by atoms with Gasteiger partial charge in [0.2, 0.25) is 0 Å². The second kappa shape index (κ2) is 10.6. The summed E-state index contributed by atoms with van der Waals surface area (Å²) in [4.78, 5) is 4.49. The quantitative estimate of drug-likeness (QED) is 0.267. The van der Waals surface area contributed by atoms with E-state index in [1.807, 2.05) is 60.7 Å². The van der Waals surface area contributed by atoms with Crippen molar-refractivity contribution in [3.05, 3.63) is 106 Å². The number of hydrogen-bond acceptors (Lipinski definition) is 2. The van der Waals surface area contributed by atoms with Crippen LogP contribution in [0.5, 0.6) is 5.75 Å².